The SMILES string of the molecule is O=c1c2c(-c3ccc4c(c3)CCCC4)csc2ncn1CCCOc1ccc(Cl)cc1. The summed E-state index contributed by atoms with van der Waals surface area (Å²) in [6.45, 7) is 1.09. The Morgan fingerprint density at radius 3 is 2.71 bits per heavy atom. The minimum atomic E-state index is 0.0189. The second kappa shape index (κ2) is 8.85. The molecule has 0 amide bonds. The van der Waals surface area contributed by atoms with E-state index >= 15 is 0 Å². The second-order valence-corrected chi connectivity index (χ2v) is 9.21. The first-order chi connectivity index (χ1) is 15.2. The molecule has 0 fully saturated rings. The van der Waals surface area contributed by atoms with Crippen LogP contribution in [0.25, 0.3) is 21.3 Å². The monoisotopic (exact) mass is 450 g/mol. The number of ether oxygens (including phenoxy) is 1. The van der Waals surface area contributed by atoms with Crippen LogP contribution in [0.15, 0.2) is 59.0 Å². The molecule has 0 atom stereocenters. The molecule has 4 nitrogen and oxygen atoms in total. The van der Waals surface area contributed by atoms with Gasteiger partial charge in [0.2, 0.25) is 0 Å². The lowest BCUT2D eigenvalue weighted by molar-refractivity contribution is 0.301. The molecule has 0 saturated heterocycles. The highest BCUT2D eigenvalue weighted by molar-refractivity contribution is 7.17. The van der Waals surface area contributed by atoms with Crippen LogP contribution in [0.3, 0.4) is 0 Å². The van der Waals surface area contributed by atoms with Crippen molar-refractivity contribution in [1.82, 2.24) is 9.55 Å². The van der Waals surface area contributed by atoms with Gasteiger partial charge in [0, 0.05) is 22.5 Å². The molecule has 2 heterocycles. The van der Waals surface area contributed by atoms with Gasteiger partial charge in [-0.25, -0.2) is 4.98 Å². The fourth-order valence-electron chi connectivity index (χ4n) is 4.20. The van der Waals surface area contributed by atoms with Crippen LogP contribution in [0.1, 0.15) is 30.4 Å². The van der Waals surface area contributed by atoms with Gasteiger partial charge >= 0.3 is 0 Å². The van der Waals surface area contributed by atoms with Crippen LogP contribution in [-0.2, 0) is 19.4 Å². The van der Waals surface area contributed by atoms with Crippen molar-refractivity contribution in [3.05, 3.63) is 80.7 Å². The third kappa shape index (κ3) is 4.25. The van der Waals surface area contributed by atoms with Gasteiger partial charge in [0.15, 0.2) is 0 Å². The minimum absolute atomic E-state index is 0.0189. The molecule has 2 aromatic carbocycles. The van der Waals surface area contributed by atoms with E-state index in [1.807, 2.05) is 12.1 Å². The van der Waals surface area contributed by atoms with Gasteiger partial charge < -0.3 is 4.74 Å². The van der Waals surface area contributed by atoms with Crippen LogP contribution in [0.4, 0.5) is 0 Å². The number of rotatable bonds is 6. The molecule has 158 valence electrons. The van der Waals surface area contributed by atoms with Gasteiger partial charge in [-0.2, -0.15) is 0 Å². The van der Waals surface area contributed by atoms with E-state index in [9.17, 15) is 4.79 Å². The van der Waals surface area contributed by atoms with E-state index in [-0.39, 0.29) is 5.56 Å². The number of nitrogens with zero attached hydrogens (tertiary/aromatic N) is 2. The summed E-state index contributed by atoms with van der Waals surface area (Å²) in [5.41, 5.74) is 5.01. The fourth-order valence-corrected chi connectivity index (χ4v) is 5.23. The minimum Gasteiger partial charge on any atom is -0.494 e. The molecule has 0 aliphatic heterocycles. The van der Waals surface area contributed by atoms with E-state index in [4.69, 9.17) is 16.3 Å². The van der Waals surface area contributed by atoms with Gasteiger partial charge in [-0.15, -0.1) is 11.3 Å². The molecular weight excluding hydrogens is 428 g/mol. The lowest BCUT2D eigenvalue weighted by atomic mass is 9.89. The number of benzene rings is 2. The molecule has 0 spiro atoms. The summed E-state index contributed by atoms with van der Waals surface area (Å²) in [5.74, 6) is 0.776. The van der Waals surface area contributed by atoms with E-state index in [2.05, 4.69) is 28.6 Å². The van der Waals surface area contributed by atoms with Crippen LogP contribution in [0, 0.1) is 0 Å². The quantitative estimate of drug-likeness (QED) is 0.332. The molecule has 1 aliphatic carbocycles. The molecule has 2 aromatic heterocycles. The Kier molecular flexibility index (Phi) is 5.79. The topological polar surface area (TPSA) is 44.1 Å². The molecular formula is C25H23ClN2O2S. The number of hydrogen-bond donors (Lipinski definition) is 0. The molecule has 0 saturated carbocycles. The van der Waals surface area contributed by atoms with Crippen molar-refractivity contribution in [3.8, 4) is 16.9 Å². The van der Waals surface area contributed by atoms with Crippen LogP contribution in [-0.4, -0.2) is 16.2 Å². The van der Waals surface area contributed by atoms with Crippen molar-refractivity contribution in [1.29, 1.82) is 0 Å². The van der Waals surface area contributed by atoms with Gasteiger partial charge in [0.1, 0.15) is 10.6 Å². The number of thiophene rings is 1. The Morgan fingerprint density at radius 2 is 1.87 bits per heavy atom. The Labute approximate surface area is 190 Å². The number of aryl methyl sites for hydroxylation is 3. The average molecular weight is 451 g/mol. The number of aromatic nitrogens is 2. The molecule has 4 aromatic rings. The Morgan fingerprint density at radius 1 is 1.06 bits per heavy atom. The zero-order chi connectivity index (χ0) is 21.2. The van der Waals surface area contributed by atoms with Crippen molar-refractivity contribution >= 4 is 33.2 Å². The molecule has 0 unspecified atom stereocenters. The normalized spacial score (nSPS) is 13.3. The smallest absolute Gasteiger partial charge is 0.262 e. The number of hydrogen-bond acceptors (Lipinski definition) is 4. The zero-order valence-corrected chi connectivity index (χ0v) is 18.7. The first-order valence-corrected chi connectivity index (χ1v) is 11.9. The molecule has 6 heteroatoms. The molecule has 31 heavy (non-hydrogen) atoms. The summed E-state index contributed by atoms with van der Waals surface area (Å²) in [4.78, 5) is 18.6. The highest BCUT2D eigenvalue weighted by atomic mass is 35.5. The third-order valence-electron chi connectivity index (χ3n) is 5.85. The summed E-state index contributed by atoms with van der Waals surface area (Å²) >= 11 is 7.44. The van der Waals surface area contributed by atoms with Crippen molar-refractivity contribution in [2.45, 2.75) is 38.6 Å². The molecule has 5 rings (SSSR count). The molecule has 1 aliphatic rings. The van der Waals surface area contributed by atoms with E-state index < -0.39 is 0 Å². The molecule has 0 bridgehead atoms. The first-order valence-electron chi connectivity index (χ1n) is 10.7. The van der Waals surface area contributed by atoms with Crippen molar-refractivity contribution in [3.63, 3.8) is 0 Å². The van der Waals surface area contributed by atoms with Crippen molar-refractivity contribution < 1.29 is 4.74 Å². The van der Waals surface area contributed by atoms with Crippen LogP contribution < -0.4 is 10.3 Å². The summed E-state index contributed by atoms with van der Waals surface area (Å²) in [5, 5.41) is 3.48. The van der Waals surface area contributed by atoms with Crippen molar-refractivity contribution in [2.75, 3.05) is 6.61 Å². The number of halogens is 1. The summed E-state index contributed by atoms with van der Waals surface area (Å²) < 4.78 is 7.45. The van der Waals surface area contributed by atoms with Gasteiger partial charge in [0.25, 0.3) is 5.56 Å². The summed E-state index contributed by atoms with van der Waals surface area (Å²) in [6.07, 6.45) is 7.17. The third-order valence-corrected chi connectivity index (χ3v) is 6.98. The molecule has 0 radical (unpaired) electrons. The zero-order valence-electron chi connectivity index (χ0n) is 17.1. The predicted molar refractivity (Wildman–Crippen MR) is 128 cm³/mol. The predicted octanol–water partition coefficient (Wildman–Crippen LogP) is 6.13. The van der Waals surface area contributed by atoms with Gasteiger partial charge in [0.05, 0.1) is 18.3 Å². The lowest BCUT2D eigenvalue weighted by Gasteiger charge is -2.16. The lowest BCUT2D eigenvalue weighted by Crippen LogP contribution is -2.21. The average Bonchev–Trinajstić information content (AvgIpc) is 3.24. The van der Waals surface area contributed by atoms with Gasteiger partial charge in [-0.1, -0.05) is 29.8 Å². The Balaban J connectivity index is 1.35. The highest BCUT2D eigenvalue weighted by Gasteiger charge is 2.16. The van der Waals surface area contributed by atoms with E-state index in [0.717, 1.165) is 39.9 Å². The standard InChI is InChI=1S/C25H23ClN2O2S/c26-20-8-10-21(11-9-20)30-13-3-12-28-16-27-24-23(25(28)29)22(15-31-24)19-7-6-17-4-1-2-5-18(17)14-19/h6-11,14-16H,1-5,12-13H2. The molecule has 0 N–H and O–H groups in total. The second-order valence-electron chi connectivity index (χ2n) is 7.92. The van der Waals surface area contributed by atoms with Gasteiger partial charge in [-0.3, -0.25) is 9.36 Å². The van der Waals surface area contributed by atoms with E-state index in [0.29, 0.717) is 24.6 Å². The number of fused-ring (bicyclic) bond motifs is 2. The first kappa shape index (κ1) is 20.3. The van der Waals surface area contributed by atoms with Crippen molar-refractivity contribution in [2.24, 2.45) is 0 Å². The van der Waals surface area contributed by atoms with E-state index in [1.165, 1.54) is 35.3 Å². The maximum absolute atomic E-state index is 13.2. The Bertz CT molecular complexity index is 1280. The maximum atomic E-state index is 13.2. The van der Waals surface area contributed by atoms with Crippen LogP contribution in [0.5, 0.6) is 5.75 Å². The highest BCUT2D eigenvalue weighted by Crippen LogP contribution is 2.33. The summed E-state index contributed by atoms with van der Waals surface area (Å²) in [7, 11) is 0. The fraction of sp³-hybridized carbons (Fsp3) is 0.280. The van der Waals surface area contributed by atoms with Crippen LogP contribution in [0.2, 0.25) is 5.02 Å². The Hall–Kier alpha value is -2.63. The van der Waals surface area contributed by atoms with Gasteiger partial charge in [-0.05, 0) is 73.1 Å². The largest absolute Gasteiger partial charge is 0.494 e. The maximum Gasteiger partial charge on any atom is 0.262 e. The summed E-state index contributed by atoms with van der Waals surface area (Å²) in [6, 6.07) is 14.0. The van der Waals surface area contributed by atoms with E-state index in [1.54, 1.807) is 23.0 Å². The van der Waals surface area contributed by atoms with Crippen LogP contribution >= 0.6 is 22.9 Å².